The van der Waals surface area contributed by atoms with Gasteiger partial charge in [0.05, 0.1) is 6.33 Å². The maximum atomic E-state index is 4.53. The molecule has 2 aromatic heterocycles. The molecular weight excluding hydrogens is 264 g/mol. The number of para-hydroxylation sites is 1. The summed E-state index contributed by atoms with van der Waals surface area (Å²) in [5.41, 5.74) is 3.76. The molecule has 108 valence electrons. The molecule has 3 rings (SSSR count). The van der Waals surface area contributed by atoms with E-state index in [4.69, 9.17) is 0 Å². The zero-order valence-electron chi connectivity index (χ0n) is 12.1. The van der Waals surface area contributed by atoms with E-state index in [9.17, 15) is 0 Å². The third-order valence-corrected chi connectivity index (χ3v) is 3.27. The Morgan fingerprint density at radius 3 is 2.81 bits per heavy atom. The van der Waals surface area contributed by atoms with Gasteiger partial charge in [-0.05, 0) is 25.0 Å². The summed E-state index contributed by atoms with van der Waals surface area (Å²) in [5, 5.41) is 6.52. The molecule has 0 spiro atoms. The lowest BCUT2D eigenvalue weighted by Crippen LogP contribution is -2.05. The number of aromatic nitrogens is 4. The summed E-state index contributed by atoms with van der Waals surface area (Å²) < 4.78 is 0. The van der Waals surface area contributed by atoms with Crippen LogP contribution in [0.15, 0.2) is 30.6 Å². The van der Waals surface area contributed by atoms with Crippen LogP contribution in [-0.2, 0) is 6.42 Å². The van der Waals surface area contributed by atoms with Gasteiger partial charge in [0.1, 0.15) is 5.52 Å². The lowest BCUT2D eigenvalue weighted by atomic mass is 10.1. The predicted molar refractivity (Wildman–Crippen MR) is 85.0 cm³/mol. The summed E-state index contributed by atoms with van der Waals surface area (Å²) in [6.07, 6.45) is 2.59. The summed E-state index contributed by atoms with van der Waals surface area (Å²) in [7, 11) is 0. The molecule has 0 saturated carbocycles. The Morgan fingerprint density at radius 1 is 1.14 bits per heavy atom. The van der Waals surface area contributed by atoms with E-state index in [0.29, 0.717) is 11.6 Å². The van der Waals surface area contributed by atoms with Crippen molar-refractivity contribution in [2.45, 2.75) is 20.3 Å². The third-order valence-electron chi connectivity index (χ3n) is 3.27. The summed E-state index contributed by atoms with van der Waals surface area (Å²) >= 11 is 0. The molecule has 0 radical (unpaired) electrons. The number of anilines is 3. The number of benzene rings is 1. The first-order valence-corrected chi connectivity index (χ1v) is 7.11. The number of nitrogens with one attached hydrogen (secondary N) is 3. The van der Waals surface area contributed by atoms with Gasteiger partial charge in [-0.25, -0.2) is 4.98 Å². The Morgan fingerprint density at radius 2 is 2.00 bits per heavy atom. The first-order valence-electron chi connectivity index (χ1n) is 7.11. The molecule has 0 fully saturated rings. The van der Waals surface area contributed by atoms with Crippen molar-refractivity contribution in [3.05, 3.63) is 36.2 Å². The van der Waals surface area contributed by atoms with Crippen LogP contribution in [0.3, 0.4) is 0 Å². The Balaban J connectivity index is 2.04. The summed E-state index contributed by atoms with van der Waals surface area (Å²) in [5.74, 6) is 1.31. The van der Waals surface area contributed by atoms with E-state index in [0.717, 1.165) is 30.0 Å². The molecule has 0 atom stereocenters. The fourth-order valence-electron chi connectivity index (χ4n) is 2.24. The lowest BCUT2D eigenvalue weighted by molar-refractivity contribution is 1.10. The van der Waals surface area contributed by atoms with E-state index < -0.39 is 0 Å². The summed E-state index contributed by atoms with van der Waals surface area (Å²) in [4.78, 5) is 16.2. The molecule has 0 unspecified atom stereocenters. The maximum absolute atomic E-state index is 4.53. The average molecular weight is 282 g/mol. The topological polar surface area (TPSA) is 78.5 Å². The minimum Gasteiger partial charge on any atom is -0.354 e. The number of fused-ring (bicyclic) bond motifs is 1. The Labute approximate surface area is 123 Å². The van der Waals surface area contributed by atoms with Gasteiger partial charge in [-0.3, -0.25) is 0 Å². The van der Waals surface area contributed by atoms with Gasteiger partial charge < -0.3 is 15.6 Å². The maximum Gasteiger partial charge on any atom is 0.226 e. The van der Waals surface area contributed by atoms with Crippen LogP contribution < -0.4 is 10.6 Å². The molecule has 0 bridgehead atoms. The summed E-state index contributed by atoms with van der Waals surface area (Å²) in [6.45, 7) is 4.91. The smallest absolute Gasteiger partial charge is 0.226 e. The SMILES string of the molecule is CCNc1nc(Nc2ccccc2CC)c2[nH]cnc2n1. The molecule has 6 heteroatoms. The summed E-state index contributed by atoms with van der Waals surface area (Å²) in [6, 6.07) is 8.22. The minimum atomic E-state index is 0.577. The third kappa shape index (κ3) is 2.65. The van der Waals surface area contributed by atoms with Gasteiger partial charge >= 0.3 is 0 Å². The number of H-pyrrole nitrogens is 1. The number of imidazole rings is 1. The number of rotatable bonds is 5. The number of nitrogens with zero attached hydrogens (tertiary/aromatic N) is 3. The van der Waals surface area contributed by atoms with E-state index in [2.05, 4.69) is 49.6 Å². The van der Waals surface area contributed by atoms with E-state index in [-0.39, 0.29) is 0 Å². The number of aryl methyl sites for hydroxylation is 1. The molecule has 0 aliphatic heterocycles. The molecule has 0 saturated heterocycles. The van der Waals surface area contributed by atoms with Crippen molar-refractivity contribution in [2.24, 2.45) is 0 Å². The minimum absolute atomic E-state index is 0.577. The molecule has 0 amide bonds. The van der Waals surface area contributed by atoms with Gasteiger partial charge in [0.15, 0.2) is 11.5 Å². The molecule has 21 heavy (non-hydrogen) atoms. The monoisotopic (exact) mass is 282 g/mol. The van der Waals surface area contributed by atoms with E-state index in [1.54, 1.807) is 6.33 Å². The standard InChI is InChI=1S/C15H18N6/c1-3-10-7-5-6-8-11(10)19-14-12-13(18-9-17-12)20-15(21-14)16-4-2/h5-9H,3-4H2,1-2H3,(H3,16,17,18,19,20,21). The highest BCUT2D eigenvalue weighted by atomic mass is 15.2. The lowest BCUT2D eigenvalue weighted by Gasteiger charge is -2.11. The molecule has 1 aromatic carbocycles. The Bertz CT molecular complexity index is 749. The first-order chi connectivity index (χ1) is 10.3. The van der Waals surface area contributed by atoms with Crippen LogP contribution in [0.2, 0.25) is 0 Å². The first kappa shape index (κ1) is 13.4. The van der Waals surface area contributed by atoms with Crippen LogP contribution in [-0.4, -0.2) is 26.5 Å². The average Bonchev–Trinajstić information content (AvgIpc) is 2.97. The molecule has 0 aliphatic rings. The van der Waals surface area contributed by atoms with Crippen LogP contribution in [0.5, 0.6) is 0 Å². The number of hydrogen-bond acceptors (Lipinski definition) is 5. The van der Waals surface area contributed by atoms with Crippen LogP contribution in [0.4, 0.5) is 17.5 Å². The normalized spacial score (nSPS) is 10.8. The fourth-order valence-corrected chi connectivity index (χ4v) is 2.24. The zero-order valence-corrected chi connectivity index (χ0v) is 12.1. The molecule has 6 nitrogen and oxygen atoms in total. The van der Waals surface area contributed by atoms with Crippen molar-refractivity contribution in [1.82, 2.24) is 19.9 Å². The van der Waals surface area contributed by atoms with Gasteiger partial charge in [0.25, 0.3) is 0 Å². The van der Waals surface area contributed by atoms with E-state index in [1.165, 1.54) is 5.56 Å². The highest BCUT2D eigenvalue weighted by Gasteiger charge is 2.11. The van der Waals surface area contributed by atoms with E-state index >= 15 is 0 Å². The largest absolute Gasteiger partial charge is 0.354 e. The van der Waals surface area contributed by atoms with Gasteiger partial charge in [-0.1, -0.05) is 25.1 Å². The fraction of sp³-hybridized carbons (Fsp3) is 0.267. The van der Waals surface area contributed by atoms with Crippen LogP contribution in [0.25, 0.3) is 11.2 Å². The van der Waals surface area contributed by atoms with Crippen molar-refractivity contribution in [3.63, 3.8) is 0 Å². The predicted octanol–water partition coefficient (Wildman–Crippen LogP) is 3.09. The second-order valence-corrected chi connectivity index (χ2v) is 4.66. The molecule has 0 aliphatic carbocycles. The second kappa shape index (κ2) is 5.78. The van der Waals surface area contributed by atoms with Crippen molar-refractivity contribution in [2.75, 3.05) is 17.2 Å². The van der Waals surface area contributed by atoms with Crippen molar-refractivity contribution >= 4 is 28.6 Å². The van der Waals surface area contributed by atoms with Crippen LogP contribution >= 0.6 is 0 Å². The second-order valence-electron chi connectivity index (χ2n) is 4.66. The Kier molecular flexibility index (Phi) is 3.68. The van der Waals surface area contributed by atoms with Crippen LogP contribution in [0.1, 0.15) is 19.4 Å². The highest BCUT2D eigenvalue weighted by Crippen LogP contribution is 2.25. The molecule has 2 heterocycles. The van der Waals surface area contributed by atoms with Crippen molar-refractivity contribution in [3.8, 4) is 0 Å². The Hall–Kier alpha value is -2.63. The van der Waals surface area contributed by atoms with Gasteiger partial charge in [0, 0.05) is 12.2 Å². The zero-order chi connectivity index (χ0) is 14.7. The quantitative estimate of drug-likeness (QED) is 0.670. The number of aromatic amines is 1. The van der Waals surface area contributed by atoms with Gasteiger partial charge in [0.2, 0.25) is 5.95 Å². The van der Waals surface area contributed by atoms with Crippen molar-refractivity contribution < 1.29 is 0 Å². The van der Waals surface area contributed by atoms with Gasteiger partial charge in [-0.2, -0.15) is 9.97 Å². The van der Waals surface area contributed by atoms with Gasteiger partial charge in [-0.15, -0.1) is 0 Å². The van der Waals surface area contributed by atoms with Crippen molar-refractivity contribution in [1.29, 1.82) is 0 Å². The molecular formula is C15H18N6. The molecule has 3 aromatic rings. The highest BCUT2D eigenvalue weighted by molar-refractivity contribution is 5.86. The van der Waals surface area contributed by atoms with Crippen LogP contribution in [0, 0.1) is 0 Å². The van der Waals surface area contributed by atoms with E-state index in [1.807, 2.05) is 19.1 Å². The molecule has 3 N–H and O–H groups in total. The number of hydrogen-bond donors (Lipinski definition) is 3.